The zero-order valence-electron chi connectivity index (χ0n) is 31.3. The maximum atomic E-state index is 13.3. The Hall–Kier alpha value is -1.67. The smallest absolute Gasteiger partial charge is 0.159 e. The SMILES string of the molecule is CC=CC(CC)C(CC(C)(C)OC)=C(C)C1(C2CCC2)C=C1CCCC1CCC(CC(=O)C2=CCCC=CC2)CC(C(C)C)CC1. The van der Waals surface area contributed by atoms with Gasteiger partial charge in [0, 0.05) is 18.9 Å². The van der Waals surface area contributed by atoms with Crippen LogP contribution in [0.4, 0.5) is 0 Å². The molecular formula is C44H70O2. The molecule has 0 heterocycles. The van der Waals surface area contributed by atoms with Crippen LogP contribution in [0.3, 0.4) is 0 Å². The van der Waals surface area contributed by atoms with E-state index in [1.54, 1.807) is 16.7 Å². The van der Waals surface area contributed by atoms with Gasteiger partial charge in [-0.2, -0.15) is 0 Å². The van der Waals surface area contributed by atoms with Gasteiger partial charge in [-0.3, -0.25) is 4.79 Å². The average Bonchev–Trinajstić information content (AvgIpc) is 3.76. The topological polar surface area (TPSA) is 26.3 Å². The van der Waals surface area contributed by atoms with Gasteiger partial charge in [-0.1, -0.05) is 99.6 Å². The fourth-order valence-corrected chi connectivity index (χ4v) is 9.26. The number of hydrogen-bond donors (Lipinski definition) is 0. The zero-order valence-corrected chi connectivity index (χ0v) is 31.3. The summed E-state index contributed by atoms with van der Waals surface area (Å²) in [6, 6.07) is 0. The van der Waals surface area contributed by atoms with Gasteiger partial charge in [0.2, 0.25) is 0 Å². The second-order valence-corrected chi connectivity index (χ2v) is 16.6. The van der Waals surface area contributed by atoms with Crippen molar-refractivity contribution in [3.8, 4) is 0 Å². The first-order valence-corrected chi connectivity index (χ1v) is 19.5. The molecule has 2 saturated carbocycles. The van der Waals surface area contributed by atoms with Crippen LogP contribution in [-0.4, -0.2) is 18.5 Å². The second-order valence-electron chi connectivity index (χ2n) is 16.6. The molecule has 0 aliphatic heterocycles. The highest BCUT2D eigenvalue weighted by Gasteiger charge is 2.53. The first kappa shape index (κ1) is 37.2. The number of hydrogen-bond acceptors (Lipinski definition) is 2. The number of ether oxygens (including phenoxy) is 1. The lowest BCUT2D eigenvalue weighted by Gasteiger charge is -2.40. The molecule has 2 nitrogen and oxygen atoms in total. The minimum Gasteiger partial charge on any atom is -0.378 e. The molecule has 0 radical (unpaired) electrons. The lowest BCUT2D eigenvalue weighted by atomic mass is 9.65. The number of ketones is 1. The van der Waals surface area contributed by atoms with Crippen molar-refractivity contribution in [2.45, 2.75) is 163 Å². The number of rotatable bonds is 16. The van der Waals surface area contributed by atoms with E-state index in [9.17, 15) is 4.79 Å². The normalized spacial score (nSPS) is 28.9. The lowest BCUT2D eigenvalue weighted by molar-refractivity contribution is -0.116. The molecule has 0 amide bonds. The van der Waals surface area contributed by atoms with Gasteiger partial charge in [-0.05, 0) is 146 Å². The molecule has 4 rings (SSSR count). The first-order chi connectivity index (χ1) is 22.0. The van der Waals surface area contributed by atoms with Gasteiger partial charge >= 0.3 is 0 Å². The van der Waals surface area contributed by atoms with Crippen molar-refractivity contribution in [3.63, 3.8) is 0 Å². The van der Waals surface area contributed by atoms with Crippen molar-refractivity contribution in [1.82, 2.24) is 0 Å². The van der Waals surface area contributed by atoms with E-state index in [0.29, 0.717) is 23.5 Å². The molecule has 0 aromatic heterocycles. The Kier molecular flexibility index (Phi) is 13.8. The van der Waals surface area contributed by atoms with E-state index in [2.05, 4.69) is 84.9 Å². The molecular weight excluding hydrogens is 560 g/mol. The summed E-state index contributed by atoms with van der Waals surface area (Å²) in [6.07, 6.45) is 34.5. The third-order valence-electron chi connectivity index (χ3n) is 12.8. The second kappa shape index (κ2) is 17.1. The van der Waals surface area contributed by atoms with Crippen molar-refractivity contribution in [2.24, 2.45) is 40.9 Å². The maximum absolute atomic E-state index is 13.3. The van der Waals surface area contributed by atoms with Crippen LogP contribution in [0.5, 0.6) is 0 Å². The minimum atomic E-state index is -0.153. The molecule has 4 aliphatic rings. The molecule has 0 spiro atoms. The van der Waals surface area contributed by atoms with E-state index < -0.39 is 0 Å². The Morgan fingerprint density at radius 1 is 1.07 bits per heavy atom. The summed E-state index contributed by atoms with van der Waals surface area (Å²) >= 11 is 0. The summed E-state index contributed by atoms with van der Waals surface area (Å²) in [5.41, 5.74) is 6.19. The highest BCUT2D eigenvalue weighted by Crippen LogP contribution is 2.64. The number of carbonyl (C=O) groups is 1. The summed E-state index contributed by atoms with van der Waals surface area (Å²) < 4.78 is 5.99. The third kappa shape index (κ3) is 9.48. The van der Waals surface area contributed by atoms with Gasteiger partial charge < -0.3 is 4.74 Å². The van der Waals surface area contributed by atoms with Crippen LogP contribution in [0.15, 0.2) is 58.7 Å². The Morgan fingerprint density at radius 3 is 2.46 bits per heavy atom. The monoisotopic (exact) mass is 631 g/mol. The summed E-state index contributed by atoms with van der Waals surface area (Å²) in [5, 5.41) is 0. The van der Waals surface area contributed by atoms with Gasteiger partial charge in [-0.25, -0.2) is 0 Å². The maximum Gasteiger partial charge on any atom is 0.159 e. The largest absolute Gasteiger partial charge is 0.378 e. The number of carbonyl (C=O) groups excluding carboxylic acids is 1. The van der Waals surface area contributed by atoms with Gasteiger partial charge in [0.05, 0.1) is 5.60 Å². The highest BCUT2D eigenvalue weighted by molar-refractivity contribution is 5.95. The predicted molar refractivity (Wildman–Crippen MR) is 198 cm³/mol. The predicted octanol–water partition coefficient (Wildman–Crippen LogP) is 12.7. The van der Waals surface area contributed by atoms with Gasteiger partial charge in [0.25, 0.3) is 0 Å². The molecule has 5 unspecified atom stereocenters. The van der Waals surface area contributed by atoms with Gasteiger partial charge in [0.1, 0.15) is 0 Å². The molecule has 258 valence electrons. The van der Waals surface area contributed by atoms with Crippen LogP contribution in [-0.2, 0) is 9.53 Å². The van der Waals surface area contributed by atoms with E-state index in [1.165, 1.54) is 70.6 Å². The van der Waals surface area contributed by atoms with Gasteiger partial charge in [0.15, 0.2) is 5.78 Å². The molecule has 4 aliphatic carbocycles. The number of Topliss-reactive ketones (excluding diaryl/α,β-unsaturated/α-hetero) is 1. The molecule has 2 fully saturated rings. The summed E-state index contributed by atoms with van der Waals surface area (Å²) in [6.45, 7) is 16.3. The molecule has 0 N–H and O–H groups in total. The van der Waals surface area contributed by atoms with E-state index in [4.69, 9.17) is 4.74 Å². The van der Waals surface area contributed by atoms with Crippen LogP contribution < -0.4 is 0 Å². The molecule has 46 heavy (non-hydrogen) atoms. The van der Waals surface area contributed by atoms with Crippen LogP contribution in [0.25, 0.3) is 0 Å². The Bertz CT molecular complexity index is 1150. The van der Waals surface area contributed by atoms with Crippen LogP contribution in [0, 0.1) is 40.9 Å². The molecule has 0 aromatic carbocycles. The molecule has 0 aromatic rings. The van der Waals surface area contributed by atoms with E-state index in [0.717, 1.165) is 61.9 Å². The van der Waals surface area contributed by atoms with Crippen molar-refractivity contribution < 1.29 is 9.53 Å². The fourth-order valence-electron chi connectivity index (χ4n) is 9.26. The van der Waals surface area contributed by atoms with Crippen molar-refractivity contribution in [2.75, 3.05) is 7.11 Å². The Labute approximate surface area is 284 Å². The Morgan fingerprint density at radius 2 is 1.80 bits per heavy atom. The van der Waals surface area contributed by atoms with E-state index in [-0.39, 0.29) is 11.0 Å². The van der Waals surface area contributed by atoms with Crippen LogP contribution >= 0.6 is 0 Å². The third-order valence-corrected chi connectivity index (χ3v) is 12.8. The molecule has 0 bridgehead atoms. The van der Waals surface area contributed by atoms with Crippen LogP contribution in [0.1, 0.15) is 158 Å². The molecule has 0 saturated heterocycles. The minimum absolute atomic E-state index is 0.153. The Balaban J connectivity index is 1.41. The average molecular weight is 631 g/mol. The summed E-state index contributed by atoms with van der Waals surface area (Å²) in [5.74, 6) is 4.55. The van der Waals surface area contributed by atoms with Crippen molar-refractivity contribution in [3.05, 3.63) is 58.7 Å². The van der Waals surface area contributed by atoms with E-state index >= 15 is 0 Å². The quantitative estimate of drug-likeness (QED) is 0.159. The standard InChI is InChI=1S/C44H70O2/c1-9-17-36(10-2)41(31-43(6,7)46-8)33(5)44(39-21-16-22-39)30-40(44)23-15-18-34-24-25-35(28-38(27-26-34)32(3)4)29-42(45)37-19-13-11-12-14-20-37/h9,11,13,17,20,30,32,34-36,38-39H,10,12,14-16,18-19,21-29,31H2,1-8H3. The zero-order chi connectivity index (χ0) is 33.3. The molecule has 2 heteroatoms. The highest BCUT2D eigenvalue weighted by atomic mass is 16.5. The summed E-state index contributed by atoms with van der Waals surface area (Å²) in [4.78, 5) is 13.3. The fraction of sp³-hybridized carbons (Fsp3) is 0.750. The van der Waals surface area contributed by atoms with Crippen LogP contribution in [0.2, 0.25) is 0 Å². The van der Waals surface area contributed by atoms with Crippen molar-refractivity contribution >= 4 is 5.78 Å². The number of allylic oxidation sites excluding steroid dienone is 9. The van der Waals surface area contributed by atoms with Gasteiger partial charge in [-0.15, -0.1) is 0 Å². The van der Waals surface area contributed by atoms with E-state index in [1.807, 2.05) is 7.11 Å². The molecule has 5 atom stereocenters. The summed E-state index contributed by atoms with van der Waals surface area (Å²) in [7, 11) is 1.87. The number of methoxy groups -OCH3 is 1. The first-order valence-electron chi connectivity index (χ1n) is 19.5. The van der Waals surface area contributed by atoms with Crippen molar-refractivity contribution in [1.29, 1.82) is 0 Å². The lowest BCUT2D eigenvalue weighted by Crippen LogP contribution is -2.31.